The third kappa shape index (κ3) is 3.59. The lowest BCUT2D eigenvalue weighted by Crippen LogP contribution is -2.14. The van der Waals surface area contributed by atoms with Gasteiger partial charge in [0, 0.05) is 34.2 Å². The number of benzene rings is 2. The highest BCUT2D eigenvalue weighted by Crippen LogP contribution is 2.31. The molecule has 3 aromatic rings. The summed E-state index contributed by atoms with van der Waals surface area (Å²) in [6, 6.07) is 12.5. The fourth-order valence-electron chi connectivity index (χ4n) is 3.32. The molecule has 1 N–H and O–H groups in total. The summed E-state index contributed by atoms with van der Waals surface area (Å²) in [5.74, 6) is 0.895. The Kier molecular flexibility index (Phi) is 5.03. The van der Waals surface area contributed by atoms with E-state index >= 15 is 0 Å². The van der Waals surface area contributed by atoms with Gasteiger partial charge < -0.3 is 4.74 Å². The molecular formula is C20H18N4O3S. The Balaban J connectivity index is 1.56. The number of non-ortho nitro benzene ring substituents is 1. The van der Waals surface area contributed by atoms with Crippen molar-refractivity contribution in [3.05, 3.63) is 69.1 Å². The van der Waals surface area contributed by atoms with E-state index in [4.69, 9.17) is 4.74 Å². The summed E-state index contributed by atoms with van der Waals surface area (Å²) < 4.78 is 5.47. The van der Waals surface area contributed by atoms with Crippen molar-refractivity contribution in [2.75, 3.05) is 12.5 Å². The first-order chi connectivity index (χ1) is 13.7. The van der Waals surface area contributed by atoms with Gasteiger partial charge in [0.25, 0.3) is 5.69 Å². The molecule has 28 heavy (non-hydrogen) atoms. The number of nitrogens with zero attached hydrogens (tertiary/aromatic N) is 3. The Morgan fingerprint density at radius 1 is 1.25 bits per heavy atom. The van der Waals surface area contributed by atoms with Crippen molar-refractivity contribution in [1.29, 1.82) is 0 Å². The van der Waals surface area contributed by atoms with Gasteiger partial charge >= 0.3 is 0 Å². The van der Waals surface area contributed by atoms with Gasteiger partial charge in [-0.15, -0.1) is 11.3 Å². The molecule has 1 aliphatic rings. The highest BCUT2D eigenvalue weighted by Gasteiger charge is 2.19. The average molecular weight is 394 g/mol. The number of methoxy groups -OCH3 is 1. The lowest BCUT2D eigenvalue weighted by molar-refractivity contribution is -0.384. The summed E-state index contributed by atoms with van der Waals surface area (Å²) in [6.45, 7) is 0. The molecule has 142 valence electrons. The highest BCUT2D eigenvalue weighted by molar-refractivity contribution is 7.14. The number of hydrazone groups is 1. The lowest BCUT2D eigenvalue weighted by Gasteiger charge is -2.20. The topological polar surface area (TPSA) is 89.7 Å². The van der Waals surface area contributed by atoms with Crippen LogP contribution in [0.4, 0.5) is 10.8 Å². The van der Waals surface area contributed by atoms with E-state index < -0.39 is 4.92 Å². The molecule has 4 rings (SSSR count). The smallest absolute Gasteiger partial charge is 0.270 e. The van der Waals surface area contributed by atoms with E-state index in [1.54, 1.807) is 19.2 Å². The lowest BCUT2D eigenvalue weighted by atomic mass is 9.89. The zero-order chi connectivity index (χ0) is 19.5. The number of nitrogens with one attached hydrogen (secondary N) is 1. The first kappa shape index (κ1) is 18.1. The molecule has 0 radical (unpaired) electrons. The van der Waals surface area contributed by atoms with Crippen molar-refractivity contribution in [3.8, 4) is 17.0 Å². The summed E-state index contributed by atoms with van der Waals surface area (Å²) >= 11 is 1.41. The van der Waals surface area contributed by atoms with E-state index in [-0.39, 0.29) is 5.69 Å². The largest absolute Gasteiger partial charge is 0.496 e. The minimum absolute atomic E-state index is 0.0491. The minimum Gasteiger partial charge on any atom is -0.496 e. The van der Waals surface area contributed by atoms with Crippen LogP contribution in [0.5, 0.6) is 5.75 Å². The molecule has 0 saturated carbocycles. The molecule has 0 bridgehead atoms. The highest BCUT2D eigenvalue weighted by atomic mass is 32.1. The maximum absolute atomic E-state index is 11.0. The van der Waals surface area contributed by atoms with Crippen LogP contribution in [0, 0.1) is 10.1 Å². The van der Waals surface area contributed by atoms with Gasteiger partial charge in [0.1, 0.15) is 5.75 Å². The number of fused-ring (bicyclic) bond motifs is 1. The van der Waals surface area contributed by atoms with Crippen LogP contribution in [0.15, 0.2) is 52.9 Å². The minimum atomic E-state index is -0.407. The van der Waals surface area contributed by atoms with E-state index in [2.05, 4.69) is 21.6 Å². The number of hydrogen-bond donors (Lipinski definition) is 1. The average Bonchev–Trinajstić information content (AvgIpc) is 3.21. The standard InChI is InChI=1S/C20H18N4O3S/c1-27-19-10-4-7-15-16(19)8-3-9-17(15)22-23-20-21-18(12-28-20)13-5-2-6-14(11-13)24(25)26/h2,4-7,10-12H,3,8-9H2,1H3,(H,21,23)/b22-17-. The normalized spacial score (nSPS) is 14.5. The zero-order valence-corrected chi connectivity index (χ0v) is 16.0. The molecule has 0 atom stereocenters. The molecule has 8 heteroatoms. The van der Waals surface area contributed by atoms with Gasteiger partial charge in [-0.25, -0.2) is 4.98 Å². The van der Waals surface area contributed by atoms with Gasteiger partial charge in [-0.05, 0) is 25.3 Å². The number of anilines is 1. The van der Waals surface area contributed by atoms with Gasteiger partial charge in [-0.2, -0.15) is 5.10 Å². The molecule has 0 amide bonds. The number of ether oxygens (including phenoxy) is 1. The monoisotopic (exact) mass is 394 g/mol. The first-order valence-corrected chi connectivity index (χ1v) is 9.73. The maximum atomic E-state index is 11.0. The SMILES string of the molecule is COc1cccc2c1CCC/C2=N/Nc1nc(-c2cccc([N+](=O)[O-])c2)cs1. The predicted octanol–water partition coefficient (Wildman–Crippen LogP) is 4.88. The van der Waals surface area contributed by atoms with Gasteiger partial charge in [0.05, 0.1) is 23.4 Å². The molecule has 0 saturated heterocycles. The Bertz CT molecular complexity index is 1060. The number of nitro benzene ring substituents is 1. The van der Waals surface area contributed by atoms with Crippen molar-refractivity contribution < 1.29 is 9.66 Å². The van der Waals surface area contributed by atoms with Crippen molar-refractivity contribution in [3.63, 3.8) is 0 Å². The summed E-state index contributed by atoms with van der Waals surface area (Å²) in [4.78, 5) is 15.1. The van der Waals surface area contributed by atoms with E-state index in [1.807, 2.05) is 17.5 Å². The van der Waals surface area contributed by atoms with E-state index in [0.717, 1.165) is 36.3 Å². The van der Waals surface area contributed by atoms with E-state index in [0.29, 0.717) is 16.4 Å². The van der Waals surface area contributed by atoms with Gasteiger partial charge in [-0.3, -0.25) is 15.5 Å². The van der Waals surface area contributed by atoms with E-state index in [9.17, 15) is 10.1 Å². The van der Waals surface area contributed by atoms with Crippen molar-refractivity contribution in [2.24, 2.45) is 5.10 Å². The summed E-state index contributed by atoms with van der Waals surface area (Å²) in [6.07, 6.45) is 2.88. The van der Waals surface area contributed by atoms with Gasteiger partial charge in [0.15, 0.2) is 0 Å². The van der Waals surface area contributed by atoms with Crippen LogP contribution in [0.25, 0.3) is 11.3 Å². The Hall–Kier alpha value is -3.26. The molecule has 1 aliphatic carbocycles. The Morgan fingerprint density at radius 3 is 2.93 bits per heavy atom. The van der Waals surface area contributed by atoms with Crippen LogP contribution in [-0.2, 0) is 6.42 Å². The molecule has 0 spiro atoms. The van der Waals surface area contributed by atoms with Gasteiger partial charge in [0.2, 0.25) is 5.13 Å². The molecule has 0 fully saturated rings. The first-order valence-electron chi connectivity index (χ1n) is 8.85. The Morgan fingerprint density at radius 2 is 2.11 bits per heavy atom. The Labute approximate surface area is 165 Å². The third-order valence-electron chi connectivity index (χ3n) is 4.65. The number of aromatic nitrogens is 1. The molecule has 7 nitrogen and oxygen atoms in total. The number of thiazole rings is 1. The second-order valence-corrected chi connectivity index (χ2v) is 7.21. The predicted molar refractivity (Wildman–Crippen MR) is 110 cm³/mol. The maximum Gasteiger partial charge on any atom is 0.270 e. The van der Waals surface area contributed by atoms with E-state index in [1.165, 1.54) is 29.0 Å². The van der Waals surface area contributed by atoms with Crippen LogP contribution in [-0.4, -0.2) is 22.7 Å². The fraction of sp³-hybridized carbons (Fsp3) is 0.200. The molecule has 0 unspecified atom stereocenters. The molecule has 0 aliphatic heterocycles. The number of nitro groups is 1. The summed E-state index contributed by atoms with van der Waals surface area (Å²) in [5.41, 5.74) is 7.75. The fourth-order valence-corrected chi connectivity index (χ4v) is 3.98. The second-order valence-electron chi connectivity index (χ2n) is 6.36. The van der Waals surface area contributed by atoms with Crippen molar-refractivity contribution in [1.82, 2.24) is 4.98 Å². The zero-order valence-electron chi connectivity index (χ0n) is 15.2. The molecular weight excluding hydrogens is 376 g/mol. The molecule has 1 heterocycles. The number of hydrogen-bond acceptors (Lipinski definition) is 7. The van der Waals surface area contributed by atoms with Crippen molar-refractivity contribution >= 4 is 27.9 Å². The van der Waals surface area contributed by atoms with Crippen LogP contribution in [0.2, 0.25) is 0 Å². The van der Waals surface area contributed by atoms with Crippen LogP contribution < -0.4 is 10.2 Å². The summed E-state index contributed by atoms with van der Waals surface area (Å²) in [7, 11) is 1.68. The van der Waals surface area contributed by atoms with Crippen molar-refractivity contribution in [2.45, 2.75) is 19.3 Å². The second kappa shape index (κ2) is 7.77. The molecule has 1 aromatic heterocycles. The van der Waals surface area contributed by atoms with Crippen LogP contribution in [0.3, 0.4) is 0 Å². The van der Waals surface area contributed by atoms with Crippen LogP contribution >= 0.6 is 11.3 Å². The van der Waals surface area contributed by atoms with Crippen LogP contribution in [0.1, 0.15) is 24.0 Å². The molecule has 2 aromatic carbocycles. The summed E-state index contributed by atoms with van der Waals surface area (Å²) in [5, 5.41) is 18.0. The third-order valence-corrected chi connectivity index (χ3v) is 5.39. The number of rotatable bonds is 5. The quantitative estimate of drug-likeness (QED) is 0.492. The van der Waals surface area contributed by atoms with Gasteiger partial charge in [-0.1, -0.05) is 24.3 Å².